The lowest BCUT2D eigenvalue weighted by molar-refractivity contribution is 0.545. The van der Waals surface area contributed by atoms with Crippen molar-refractivity contribution in [3.63, 3.8) is 0 Å². The number of nitrogens with zero attached hydrogens (tertiary/aromatic N) is 4. The minimum Gasteiger partial charge on any atom is -0.340 e. The quantitative estimate of drug-likeness (QED) is 0.900. The first-order valence-electron chi connectivity index (χ1n) is 6.02. The van der Waals surface area contributed by atoms with Gasteiger partial charge in [-0.2, -0.15) is 5.10 Å². The summed E-state index contributed by atoms with van der Waals surface area (Å²) >= 11 is 6.22. The van der Waals surface area contributed by atoms with Gasteiger partial charge >= 0.3 is 0 Å². The molecule has 0 saturated carbocycles. The fraction of sp³-hybridized carbons (Fsp3) is 0.500. The van der Waals surface area contributed by atoms with E-state index in [-0.39, 0.29) is 6.04 Å². The summed E-state index contributed by atoms with van der Waals surface area (Å²) < 4.78 is 3.73. The van der Waals surface area contributed by atoms with Gasteiger partial charge in [0.2, 0.25) is 0 Å². The van der Waals surface area contributed by atoms with Crippen LogP contribution in [0.15, 0.2) is 18.7 Å². The van der Waals surface area contributed by atoms with Gasteiger partial charge in [0, 0.05) is 20.3 Å². The first-order valence-corrected chi connectivity index (χ1v) is 6.40. The van der Waals surface area contributed by atoms with Crippen molar-refractivity contribution in [3.05, 3.63) is 35.1 Å². The summed E-state index contributed by atoms with van der Waals surface area (Å²) in [4.78, 5) is 4.41. The van der Waals surface area contributed by atoms with Crippen molar-refractivity contribution in [1.82, 2.24) is 24.6 Å². The molecule has 98 valence electrons. The molecular weight excluding hydrogens is 250 g/mol. The van der Waals surface area contributed by atoms with E-state index in [0.29, 0.717) is 5.02 Å². The van der Waals surface area contributed by atoms with Crippen LogP contribution in [0.3, 0.4) is 0 Å². The van der Waals surface area contributed by atoms with Crippen LogP contribution < -0.4 is 5.32 Å². The third-order valence-corrected chi connectivity index (χ3v) is 3.12. The Bertz CT molecular complexity index is 497. The summed E-state index contributed by atoms with van der Waals surface area (Å²) in [5, 5.41) is 8.31. The van der Waals surface area contributed by atoms with Crippen molar-refractivity contribution in [2.45, 2.75) is 19.4 Å². The Balaban J connectivity index is 2.36. The summed E-state index contributed by atoms with van der Waals surface area (Å²) in [6.45, 7) is 3.04. The summed E-state index contributed by atoms with van der Waals surface area (Å²) in [7, 11) is 3.85. The second-order valence-electron chi connectivity index (χ2n) is 4.35. The van der Waals surface area contributed by atoms with E-state index in [0.717, 1.165) is 24.4 Å². The van der Waals surface area contributed by atoms with Crippen molar-refractivity contribution >= 4 is 11.6 Å². The normalized spacial score (nSPS) is 12.9. The molecular formula is C12H18ClN5. The van der Waals surface area contributed by atoms with Crippen molar-refractivity contribution in [2.24, 2.45) is 14.1 Å². The Morgan fingerprint density at radius 3 is 2.72 bits per heavy atom. The van der Waals surface area contributed by atoms with Crippen LogP contribution in [-0.2, 0) is 14.1 Å². The van der Waals surface area contributed by atoms with E-state index < -0.39 is 0 Å². The monoisotopic (exact) mass is 267 g/mol. The molecule has 0 aliphatic carbocycles. The van der Waals surface area contributed by atoms with E-state index in [2.05, 4.69) is 22.3 Å². The topological polar surface area (TPSA) is 47.7 Å². The summed E-state index contributed by atoms with van der Waals surface area (Å²) in [6, 6.07) is -0.0221. The van der Waals surface area contributed by atoms with Crippen molar-refractivity contribution in [3.8, 4) is 0 Å². The van der Waals surface area contributed by atoms with Gasteiger partial charge in [-0.1, -0.05) is 18.5 Å². The molecule has 0 bridgehead atoms. The van der Waals surface area contributed by atoms with Crippen LogP contribution in [0.2, 0.25) is 5.02 Å². The zero-order valence-electron chi connectivity index (χ0n) is 10.9. The van der Waals surface area contributed by atoms with Crippen LogP contribution in [-0.4, -0.2) is 25.9 Å². The molecule has 0 radical (unpaired) electrons. The van der Waals surface area contributed by atoms with Gasteiger partial charge in [-0.3, -0.25) is 4.68 Å². The number of aromatic nitrogens is 4. The van der Waals surface area contributed by atoms with Gasteiger partial charge in [-0.15, -0.1) is 0 Å². The second kappa shape index (κ2) is 5.54. The number of hydrogen-bond acceptors (Lipinski definition) is 3. The van der Waals surface area contributed by atoms with Crippen molar-refractivity contribution in [2.75, 3.05) is 6.54 Å². The molecule has 6 heteroatoms. The third-order valence-electron chi connectivity index (χ3n) is 2.83. The maximum Gasteiger partial charge on any atom is 0.0952 e. The summed E-state index contributed by atoms with van der Waals surface area (Å²) in [5.41, 5.74) is 1.90. The van der Waals surface area contributed by atoms with Gasteiger partial charge in [-0.25, -0.2) is 4.98 Å². The maximum atomic E-state index is 6.22. The lowest BCUT2D eigenvalue weighted by atomic mass is 10.1. The highest BCUT2D eigenvalue weighted by molar-refractivity contribution is 6.31. The third kappa shape index (κ3) is 2.57. The van der Waals surface area contributed by atoms with Crippen LogP contribution in [0.4, 0.5) is 0 Å². The van der Waals surface area contributed by atoms with E-state index in [4.69, 9.17) is 11.6 Å². The van der Waals surface area contributed by atoms with Crippen LogP contribution in [0, 0.1) is 0 Å². The van der Waals surface area contributed by atoms with Gasteiger partial charge in [0.1, 0.15) is 0 Å². The van der Waals surface area contributed by atoms with Gasteiger partial charge in [0.15, 0.2) is 0 Å². The predicted molar refractivity (Wildman–Crippen MR) is 71.6 cm³/mol. The summed E-state index contributed by atoms with van der Waals surface area (Å²) in [5.74, 6) is 0. The van der Waals surface area contributed by atoms with Crippen molar-refractivity contribution < 1.29 is 0 Å². The van der Waals surface area contributed by atoms with E-state index >= 15 is 0 Å². The average molecular weight is 268 g/mol. The fourth-order valence-electron chi connectivity index (χ4n) is 1.96. The number of rotatable bonds is 5. The molecule has 1 N–H and O–H groups in total. The van der Waals surface area contributed by atoms with Gasteiger partial charge in [-0.05, 0) is 13.0 Å². The minimum absolute atomic E-state index is 0.0221. The highest BCUT2D eigenvalue weighted by Gasteiger charge is 2.22. The molecule has 0 aromatic carbocycles. The molecule has 2 rings (SSSR count). The standard InChI is InChI=1S/C12H18ClN5/c1-4-5-14-11(10-7-17(2)8-15-10)12-9(13)6-16-18(12)3/h6-8,11,14H,4-5H2,1-3H3. The lowest BCUT2D eigenvalue weighted by Gasteiger charge is -2.17. The van der Waals surface area contributed by atoms with Crippen LogP contribution in [0.5, 0.6) is 0 Å². The van der Waals surface area contributed by atoms with Crippen LogP contribution in [0.25, 0.3) is 0 Å². The fourth-order valence-corrected chi connectivity index (χ4v) is 2.23. The first kappa shape index (κ1) is 13.1. The Kier molecular flexibility index (Phi) is 4.04. The lowest BCUT2D eigenvalue weighted by Crippen LogP contribution is -2.26. The van der Waals surface area contributed by atoms with Crippen molar-refractivity contribution in [1.29, 1.82) is 0 Å². The Labute approximate surface area is 112 Å². The smallest absolute Gasteiger partial charge is 0.0952 e. The SMILES string of the molecule is CCCNC(c1cn(C)cn1)c1c(Cl)cnn1C. The summed E-state index contributed by atoms with van der Waals surface area (Å²) in [6.07, 6.45) is 6.51. The molecule has 1 atom stereocenters. The van der Waals surface area contributed by atoms with Crippen LogP contribution >= 0.6 is 11.6 Å². The van der Waals surface area contributed by atoms with Gasteiger partial charge in [0.05, 0.1) is 35.0 Å². The molecule has 0 spiro atoms. The molecule has 0 aliphatic rings. The molecule has 0 amide bonds. The number of nitrogens with one attached hydrogen (secondary N) is 1. The number of halogens is 1. The molecule has 2 heterocycles. The Morgan fingerprint density at radius 2 is 2.22 bits per heavy atom. The van der Waals surface area contributed by atoms with E-state index in [9.17, 15) is 0 Å². The predicted octanol–water partition coefficient (Wildman–Crippen LogP) is 1.90. The van der Waals surface area contributed by atoms with Crippen LogP contribution in [0.1, 0.15) is 30.8 Å². The number of imidazole rings is 1. The average Bonchev–Trinajstić information content (AvgIpc) is 2.90. The molecule has 5 nitrogen and oxygen atoms in total. The first-order chi connectivity index (χ1) is 8.63. The molecule has 18 heavy (non-hydrogen) atoms. The second-order valence-corrected chi connectivity index (χ2v) is 4.76. The molecule has 0 aliphatic heterocycles. The van der Waals surface area contributed by atoms with E-state index in [1.165, 1.54) is 0 Å². The largest absolute Gasteiger partial charge is 0.340 e. The zero-order valence-corrected chi connectivity index (χ0v) is 11.6. The number of hydrogen-bond donors (Lipinski definition) is 1. The molecule has 0 saturated heterocycles. The number of aryl methyl sites for hydroxylation is 2. The van der Waals surface area contributed by atoms with E-state index in [1.54, 1.807) is 17.2 Å². The molecule has 0 fully saturated rings. The molecule has 2 aromatic heterocycles. The highest BCUT2D eigenvalue weighted by Crippen LogP contribution is 2.26. The Hall–Kier alpha value is -1.33. The Morgan fingerprint density at radius 1 is 1.44 bits per heavy atom. The highest BCUT2D eigenvalue weighted by atomic mass is 35.5. The van der Waals surface area contributed by atoms with Gasteiger partial charge < -0.3 is 9.88 Å². The van der Waals surface area contributed by atoms with Gasteiger partial charge in [0.25, 0.3) is 0 Å². The minimum atomic E-state index is -0.0221. The zero-order chi connectivity index (χ0) is 13.1. The maximum absolute atomic E-state index is 6.22. The molecule has 1 unspecified atom stereocenters. The van der Waals surface area contributed by atoms with E-state index in [1.807, 2.05) is 24.9 Å². The molecule has 2 aromatic rings.